The Morgan fingerprint density at radius 2 is 1.93 bits per heavy atom. The van der Waals surface area contributed by atoms with Crippen LogP contribution in [0.25, 0.3) is 0 Å². The van der Waals surface area contributed by atoms with Crippen LogP contribution in [0.15, 0.2) is 34.1 Å². The SMILES string of the molecule is Cc1cc(NC(=O)C(C)(C)NC(=O)c2ccc(Br)s2)ccc1N1CCCS1(=O)=O. The quantitative estimate of drug-likeness (QED) is 0.657. The molecule has 0 radical (unpaired) electrons. The van der Waals surface area contributed by atoms with Crippen LogP contribution in [-0.4, -0.2) is 38.1 Å². The molecule has 1 aliphatic heterocycles. The van der Waals surface area contributed by atoms with E-state index in [1.54, 1.807) is 51.1 Å². The second kappa shape index (κ2) is 8.08. The number of halogens is 1. The lowest BCUT2D eigenvalue weighted by Gasteiger charge is -2.25. The minimum atomic E-state index is -3.26. The van der Waals surface area contributed by atoms with Crippen molar-refractivity contribution in [2.75, 3.05) is 21.9 Å². The molecule has 29 heavy (non-hydrogen) atoms. The first-order valence-electron chi connectivity index (χ1n) is 9.00. The van der Waals surface area contributed by atoms with Gasteiger partial charge in [0, 0.05) is 12.2 Å². The Hall–Kier alpha value is -1.91. The maximum atomic E-state index is 12.7. The Bertz CT molecular complexity index is 1060. The van der Waals surface area contributed by atoms with Gasteiger partial charge in [0.25, 0.3) is 5.91 Å². The molecule has 0 unspecified atom stereocenters. The molecule has 0 bridgehead atoms. The lowest BCUT2D eigenvalue weighted by atomic mass is 10.0. The molecule has 156 valence electrons. The number of hydrogen-bond acceptors (Lipinski definition) is 5. The van der Waals surface area contributed by atoms with Crippen LogP contribution in [0.3, 0.4) is 0 Å². The van der Waals surface area contributed by atoms with Crippen LogP contribution in [0.1, 0.15) is 35.5 Å². The molecule has 0 spiro atoms. The van der Waals surface area contributed by atoms with Gasteiger partial charge in [0.2, 0.25) is 15.9 Å². The third-order valence-corrected chi connectivity index (χ3v) is 8.09. The van der Waals surface area contributed by atoms with E-state index in [9.17, 15) is 18.0 Å². The van der Waals surface area contributed by atoms with Gasteiger partial charge in [-0.15, -0.1) is 11.3 Å². The number of hydrogen-bond donors (Lipinski definition) is 2. The minimum absolute atomic E-state index is 0.152. The molecule has 0 saturated carbocycles. The number of sulfonamides is 1. The van der Waals surface area contributed by atoms with Crippen molar-refractivity contribution in [3.63, 3.8) is 0 Å². The predicted octanol–water partition coefficient (Wildman–Crippen LogP) is 3.51. The molecular formula is C19H22BrN3O4S2. The van der Waals surface area contributed by atoms with Gasteiger partial charge in [-0.05, 0) is 79.0 Å². The number of amides is 2. The van der Waals surface area contributed by atoms with Gasteiger partial charge in [-0.2, -0.15) is 0 Å². The Morgan fingerprint density at radius 1 is 1.21 bits per heavy atom. The van der Waals surface area contributed by atoms with Crippen LogP contribution in [0.2, 0.25) is 0 Å². The van der Waals surface area contributed by atoms with E-state index in [4.69, 9.17) is 0 Å². The normalized spacial score (nSPS) is 15.9. The van der Waals surface area contributed by atoms with Crippen molar-refractivity contribution in [1.29, 1.82) is 0 Å². The summed E-state index contributed by atoms with van der Waals surface area (Å²) >= 11 is 4.60. The molecule has 0 aliphatic carbocycles. The minimum Gasteiger partial charge on any atom is -0.337 e. The van der Waals surface area contributed by atoms with Crippen LogP contribution >= 0.6 is 27.3 Å². The third kappa shape index (κ3) is 4.81. The summed E-state index contributed by atoms with van der Waals surface area (Å²) < 4.78 is 26.5. The fraction of sp³-hybridized carbons (Fsp3) is 0.368. The second-order valence-electron chi connectivity index (χ2n) is 7.38. The number of thiophene rings is 1. The molecule has 0 atom stereocenters. The lowest BCUT2D eigenvalue weighted by molar-refractivity contribution is -0.120. The largest absolute Gasteiger partial charge is 0.337 e. The summed E-state index contributed by atoms with van der Waals surface area (Å²) in [5.74, 6) is -0.548. The summed E-state index contributed by atoms with van der Waals surface area (Å²) in [5, 5.41) is 5.53. The van der Waals surface area contributed by atoms with Crippen molar-refractivity contribution in [3.05, 3.63) is 44.6 Å². The van der Waals surface area contributed by atoms with Gasteiger partial charge >= 0.3 is 0 Å². The van der Waals surface area contributed by atoms with E-state index in [-0.39, 0.29) is 17.6 Å². The maximum absolute atomic E-state index is 12.7. The van der Waals surface area contributed by atoms with Crippen LogP contribution in [0.5, 0.6) is 0 Å². The number of anilines is 2. The van der Waals surface area contributed by atoms with Crippen molar-refractivity contribution in [2.24, 2.45) is 0 Å². The van der Waals surface area contributed by atoms with E-state index in [0.29, 0.717) is 29.2 Å². The molecule has 2 aromatic rings. The fourth-order valence-electron chi connectivity index (χ4n) is 3.05. The molecule has 7 nitrogen and oxygen atoms in total. The fourth-order valence-corrected chi connectivity index (χ4v) is 5.96. The molecule has 10 heteroatoms. The topological polar surface area (TPSA) is 95.6 Å². The maximum Gasteiger partial charge on any atom is 0.262 e. The van der Waals surface area contributed by atoms with Crippen molar-refractivity contribution in [3.8, 4) is 0 Å². The van der Waals surface area contributed by atoms with E-state index in [0.717, 1.165) is 9.35 Å². The Balaban J connectivity index is 1.71. The summed E-state index contributed by atoms with van der Waals surface area (Å²) in [6, 6.07) is 8.56. The van der Waals surface area contributed by atoms with Gasteiger partial charge in [0.1, 0.15) is 5.54 Å². The number of nitrogens with zero attached hydrogens (tertiary/aromatic N) is 1. The predicted molar refractivity (Wildman–Crippen MR) is 119 cm³/mol. The number of benzene rings is 1. The Labute approximate surface area is 182 Å². The van der Waals surface area contributed by atoms with Gasteiger partial charge in [0.05, 0.1) is 20.1 Å². The summed E-state index contributed by atoms with van der Waals surface area (Å²) in [4.78, 5) is 25.6. The number of rotatable bonds is 5. The Morgan fingerprint density at radius 3 is 2.48 bits per heavy atom. The van der Waals surface area contributed by atoms with Gasteiger partial charge < -0.3 is 10.6 Å². The highest BCUT2D eigenvalue weighted by Crippen LogP contribution is 2.29. The average Bonchev–Trinajstić information content (AvgIpc) is 3.20. The zero-order valence-electron chi connectivity index (χ0n) is 16.3. The third-order valence-electron chi connectivity index (χ3n) is 4.61. The molecular weight excluding hydrogens is 478 g/mol. The summed E-state index contributed by atoms with van der Waals surface area (Å²) in [6.07, 6.45) is 0.606. The van der Waals surface area contributed by atoms with Crippen LogP contribution < -0.4 is 14.9 Å². The smallest absolute Gasteiger partial charge is 0.262 e. The van der Waals surface area contributed by atoms with Gasteiger partial charge in [0.15, 0.2) is 0 Å². The highest BCUT2D eigenvalue weighted by atomic mass is 79.9. The van der Waals surface area contributed by atoms with E-state index in [1.807, 2.05) is 0 Å². The second-order valence-corrected chi connectivity index (χ2v) is 11.9. The van der Waals surface area contributed by atoms with E-state index < -0.39 is 15.6 Å². The van der Waals surface area contributed by atoms with E-state index in [2.05, 4.69) is 26.6 Å². The standard InChI is InChI=1S/C19H22BrN3O4S2/c1-12-11-13(5-6-14(12)23-9-4-10-29(23,26)27)21-18(25)19(2,3)22-17(24)15-7-8-16(20)28-15/h5-8,11H,4,9-10H2,1-3H3,(H,21,25)(H,22,24). The highest BCUT2D eigenvalue weighted by molar-refractivity contribution is 9.11. The van der Waals surface area contributed by atoms with Crippen molar-refractivity contribution < 1.29 is 18.0 Å². The van der Waals surface area contributed by atoms with Gasteiger partial charge in [-0.1, -0.05) is 0 Å². The first-order chi connectivity index (χ1) is 13.5. The number of aryl methyl sites for hydroxylation is 1. The summed E-state index contributed by atoms with van der Waals surface area (Å²) in [7, 11) is -3.26. The van der Waals surface area contributed by atoms with Crippen molar-refractivity contribution in [2.45, 2.75) is 32.7 Å². The van der Waals surface area contributed by atoms with Gasteiger partial charge in [-0.3, -0.25) is 13.9 Å². The molecule has 2 amide bonds. The summed E-state index contributed by atoms with van der Waals surface area (Å²) in [6.45, 7) is 5.52. The van der Waals surface area contributed by atoms with Gasteiger partial charge in [-0.25, -0.2) is 8.42 Å². The molecule has 1 fully saturated rings. The number of carbonyl (C=O) groups excluding carboxylic acids is 2. The lowest BCUT2D eigenvalue weighted by Crippen LogP contribution is -2.52. The first kappa shape index (κ1) is 21.8. The molecule has 1 saturated heterocycles. The molecule has 1 aromatic heterocycles. The average molecular weight is 500 g/mol. The molecule has 1 aliphatic rings. The zero-order valence-corrected chi connectivity index (χ0v) is 19.5. The van der Waals surface area contributed by atoms with Crippen LogP contribution in [0.4, 0.5) is 11.4 Å². The number of nitrogens with one attached hydrogen (secondary N) is 2. The highest BCUT2D eigenvalue weighted by Gasteiger charge is 2.31. The van der Waals surface area contributed by atoms with Crippen molar-refractivity contribution in [1.82, 2.24) is 5.32 Å². The Kier molecular flexibility index (Phi) is 6.07. The first-order valence-corrected chi connectivity index (χ1v) is 12.2. The van der Waals surface area contributed by atoms with Crippen LogP contribution in [0, 0.1) is 6.92 Å². The van der Waals surface area contributed by atoms with Crippen LogP contribution in [-0.2, 0) is 14.8 Å². The molecule has 2 heterocycles. The zero-order chi connectivity index (χ0) is 21.4. The van der Waals surface area contributed by atoms with Crippen molar-refractivity contribution >= 4 is 60.5 Å². The molecule has 3 rings (SSSR count). The monoisotopic (exact) mass is 499 g/mol. The molecule has 1 aromatic carbocycles. The number of carbonyl (C=O) groups is 2. The van der Waals surface area contributed by atoms with E-state index >= 15 is 0 Å². The summed E-state index contributed by atoms with van der Waals surface area (Å²) in [5.41, 5.74) is 0.766. The van der Waals surface area contributed by atoms with E-state index in [1.165, 1.54) is 15.6 Å². The molecule has 2 N–H and O–H groups in total.